The average Bonchev–Trinajstić information content (AvgIpc) is 2.19. The number of likely N-dealkylation sites (N-methyl/N-ethyl adjacent to an activating group) is 1. The Balaban J connectivity index is 0. The summed E-state index contributed by atoms with van der Waals surface area (Å²) in [5.74, 6) is 0.748. The molecule has 0 aliphatic rings. The molecule has 1 amide bonds. The molecule has 0 radical (unpaired) electrons. The SMILES string of the molecule is CCCCC(CC)CNC(=O)CNC.Cl. The second-order valence-electron chi connectivity index (χ2n) is 3.75. The Kier molecular flexibility index (Phi) is 13.5. The topological polar surface area (TPSA) is 41.1 Å². The zero-order valence-electron chi connectivity index (χ0n) is 10.1. The average molecular weight is 237 g/mol. The lowest BCUT2D eigenvalue weighted by Gasteiger charge is -2.14. The molecule has 0 rings (SSSR count). The number of carbonyl (C=O) groups is 1. The maximum Gasteiger partial charge on any atom is 0.233 e. The van der Waals surface area contributed by atoms with Crippen molar-refractivity contribution in [1.29, 1.82) is 0 Å². The minimum Gasteiger partial charge on any atom is -0.355 e. The number of halogens is 1. The first kappa shape index (κ1) is 17.1. The predicted molar refractivity (Wildman–Crippen MR) is 67.5 cm³/mol. The lowest BCUT2D eigenvalue weighted by Crippen LogP contribution is -2.35. The molecular formula is C11H25ClN2O. The van der Waals surface area contributed by atoms with Gasteiger partial charge in [-0.3, -0.25) is 4.79 Å². The number of hydrogen-bond donors (Lipinski definition) is 2. The highest BCUT2D eigenvalue weighted by Gasteiger charge is 2.07. The summed E-state index contributed by atoms with van der Waals surface area (Å²) in [6, 6.07) is 0. The quantitative estimate of drug-likeness (QED) is 0.677. The molecule has 0 saturated carbocycles. The van der Waals surface area contributed by atoms with E-state index >= 15 is 0 Å². The highest BCUT2D eigenvalue weighted by Crippen LogP contribution is 2.10. The minimum absolute atomic E-state index is 0. The molecule has 15 heavy (non-hydrogen) atoms. The molecule has 0 bridgehead atoms. The number of unbranched alkanes of at least 4 members (excludes halogenated alkanes) is 1. The highest BCUT2D eigenvalue weighted by molar-refractivity contribution is 5.85. The van der Waals surface area contributed by atoms with Gasteiger partial charge in [-0.05, 0) is 19.4 Å². The molecule has 2 N–H and O–H groups in total. The molecule has 0 aromatic carbocycles. The van der Waals surface area contributed by atoms with Gasteiger partial charge in [-0.2, -0.15) is 0 Å². The summed E-state index contributed by atoms with van der Waals surface area (Å²) in [6.45, 7) is 5.64. The van der Waals surface area contributed by atoms with E-state index in [-0.39, 0.29) is 18.3 Å². The standard InChI is InChI=1S/C11H24N2O.ClH/c1-4-6-7-10(5-2)8-13-11(14)9-12-3;/h10,12H,4-9H2,1-3H3,(H,13,14);1H. The molecule has 0 heterocycles. The molecule has 1 unspecified atom stereocenters. The molecule has 3 nitrogen and oxygen atoms in total. The lowest BCUT2D eigenvalue weighted by atomic mass is 9.99. The van der Waals surface area contributed by atoms with Crippen LogP contribution in [-0.2, 0) is 4.79 Å². The van der Waals surface area contributed by atoms with E-state index in [0.717, 1.165) is 13.0 Å². The van der Waals surface area contributed by atoms with Crippen molar-refractivity contribution in [2.45, 2.75) is 39.5 Å². The van der Waals surface area contributed by atoms with Crippen LogP contribution in [0.2, 0.25) is 0 Å². The highest BCUT2D eigenvalue weighted by atomic mass is 35.5. The van der Waals surface area contributed by atoms with E-state index in [2.05, 4.69) is 24.5 Å². The molecule has 0 spiro atoms. The molecule has 0 fully saturated rings. The number of amides is 1. The zero-order chi connectivity index (χ0) is 10.8. The van der Waals surface area contributed by atoms with E-state index in [1.807, 2.05) is 0 Å². The van der Waals surface area contributed by atoms with Gasteiger partial charge in [0.1, 0.15) is 0 Å². The van der Waals surface area contributed by atoms with Crippen molar-refractivity contribution in [2.24, 2.45) is 5.92 Å². The maximum absolute atomic E-state index is 11.2. The van der Waals surface area contributed by atoms with Crippen LogP contribution >= 0.6 is 12.4 Å². The van der Waals surface area contributed by atoms with Crippen LogP contribution in [0.4, 0.5) is 0 Å². The third kappa shape index (κ3) is 10.0. The Morgan fingerprint density at radius 1 is 1.33 bits per heavy atom. The second kappa shape index (κ2) is 11.8. The van der Waals surface area contributed by atoms with Crippen molar-refractivity contribution in [3.63, 3.8) is 0 Å². The van der Waals surface area contributed by atoms with Crippen LogP contribution in [0.25, 0.3) is 0 Å². The van der Waals surface area contributed by atoms with E-state index in [0.29, 0.717) is 12.5 Å². The van der Waals surface area contributed by atoms with Gasteiger partial charge >= 0.3 is 0 Å². The van der Waals surface area contributed by atoms with Crippen molar-refractivity contribution in [1.82, 2.24) is 10.6 Å². The van der Waals surface area contributed by atoms with Gasteiger partial charge in [0.25, 0.3) is 0 Å². The Morgan fingerprint density at radius 3 is 2.47 bits per heavy atom. The molecule has 4 heteroatoms. The summed E-state index contributed by atoms with van der Waals surface area (Å²) in [6.07, 6.45) is 4.88. The van der Waals surface area contributed by atoms with Gasteiger partial charge in [0, 0.05) is 6.54 Å². The first-order valence-corrected chi connectivity index (χ1v) is 5.65. The maximum atomic E-state index is 11.2. The molecule has 0 aliphatic carbocycles. The van der Waals surface area contributed by atoms with Gasteiger partial charge in [0.15, 0.2) is 0 Å². The van der Waals surface area contributed by atoms with Gasteiger partial charge in [-0.25, -0.2) is 0 Å². The summed E-state index contributed by atoms with van der Waals surface area (Å²) in [7, 11) is 1.79. The molecule has 0 aromatic rings. The van der Waals surface area contributed by atoms with Crippen molar-refractivity contribution >= 4 is 18.3 Å². The second-order valence-corrected chi connectivity index (χ2v) is 3.75. The van der Waals surface area contributed by atoms with Crippen molar-refractivity contribution in [2.75, 3.05) is 20.1 Å². The smallest absolute Gasteiger partial charge is 0.233 e. The number of rotatable bonds is 8. The van der Waals surface area contributed by atoms with Crippen molar-refractivity contribution < 1.29 is 4.79 Å². The van der Waals surface area contributed by atoms with Crippen LogP contribution in [0.3, 0.4) is 0 Å². The first-order chi connectivity index (χ1) is 6.74. The largest absolute Gasteiger partial charge is 0.355 e. The Bertz CT molecular complexity index is 154. The van der Waals surface area contributed by atoms with Crippen molar-refractivity contribution in [3.05, 3.63) is 0 Å². The number of nitrogens with one attached hydrogen (secondary N) is 2. The normalized spacial score (nSPS) is 11.7. The predicted octanol–water partition coefficient (Wildman–Crippen LogP) is 1.96. The van der Waals surface area contributed by atoms with Gasteiger partial charge in [-0.15, -0.1) is 12.4 Å². The van der Waals surface area contributed by atoms with Crippen LogP contribution in [0.15, 0.2) is 0 Å². The fourth-order valence-corrected chi connectivity index (χ4v) is 1.42. The third-order valence-corrected chi connectivity index (χ3v) is 2.47. The van der Waals surface area contributed by atoms with Crippen LogP contribution in [0.1, 0.15) is 39.5 Å². The molecule has 92 valence electrons. The Morgan fingerprint density at radius 2 is 2.00 bits per heavy atom. The summed E-state index contributed by atoms with van der Waals surface area (Å²) in [5.41, 5.74) is 0. The van der Waals surface area contributed by atoms with E-state index in [9.17, 15) is 4.79 Å². The number of carbonyl (C=O) groups excluding carboxylic acids is 1. The van der Waals surface area contributed by atoms with E-state index in [1.165, 1.54) is 19.3 Å². The van der Waals surface area contributed by atoms with E-state index in [1.54, 1.807) is 7.05 Å². The summed E-state index contributed by atoms with van der Waals surface area (Å²) < 4.78 is 0. The van der Waals surface area contributed by atoms with E-state index < -0.39 is 0 Å². The molecule has 1 atom stereocenters. The zero-order valence-corrected chi connectivity index (χ0v) is 11.0. The van der Waals surface area contributed by atoms with Gasteiger partial charge < -0.3 is 10.6 Å². The summed E-state index contributed by atoms with van der Waals surface area (Å²) in [5, 5.41) is 5.78. The van der Waals surface area contributed by atoms with Crippen LogP contribution in [0, 0.1) is 5.92 Å². The van der Waals surface area contributed by atoms with Gasteiger partial charge in [-0.1, -0.05) is 33.1 Å². The number of hydrogen-bond acceptors (Lipinski definition) is 2. The lowest BCUT2D eigenvalue weighted by molar-refractivity contribution is -0.120. The fraction of sp³-hybridized carbons (Fsp3) is 0.909. The summed E-state index contributed by atoms with van der Waals surface area (Å²) in [4.78, 5) is 11.2. The van der Waals surface area contributed by atoms with Gasteiger partial charge in [0.05, 0.1) is 6.54 Å². The van der Waals surface area contributed by atoms with E-state index in [4.69, 9.17) is 0 Å². The first-order valence-electron chi connectivity index (χ1n) is 5.65. The van der Waals surface area contributed by atoms with Crippen LogP contribution in [0.5, 0.6) is 0 Å². The van der Waals surface area contributed by atoms with Crippen molar-refractivity contribution in [3.8, 4) is 0 Å². The fourth-order valence-electron chi connectivity index (χ4n) is 1.42. The third-order valence-electron chi connectivity index (χ3n) is 2.47. The van der Waals surface area contributed by atoms with Crippen LogP contribution < -0.4 is 10.6 Å². The van der Waals surface area contributed by atoms with Gasteiger partial charge in [0.2, 0.25) is 5.91 Å². The Hall–Kier alpha value is -0.280. The Labute approximate surface area is 99.8 Å². The monoisotopic (exact) mass is 236 g/mol. The molecular weight excluding hydrogens is 212 g/mol. The molecule has 0 aliphatic heterocycles. The summed E-state index contributed by atoms with van der Waals surface area (Å²) >= 11 is 0. The van der Waals surface area contributed by atoms with Crippen LogP contribution in [-0.4, -0.2) is 26.0 Å². The molecule has 0 aromatic heterocycles. The minimum atomic E-state index is 0. The molecule has 0 saturated heterocycles.